The quantitative estimate of drug-likeness (QED) is 0.575. The average Bonchev–Trinajstić information content (AvgIpc) is 1.81. The monoisotopic (exact) mass is 161 g/mol. The maximum atomic E-state index is 5.73. The van der Waals surface area contributed by atoms with E-state index in [0.717, 1.165) is 0 Å². The normalized spacial score (nSPS) is 14.7. The number of nitrogens with zero attached hydrogens (tertiary/aromatic N) is 1. The average molecular weight is 161 g/mol. The van der Waals surface area contributed by atoms with E-state index in [2.05, 4.69) is 39.4 Å². The van der Waals surface area contributed by atoms with E-state index in [1.54, 1.807) is 0 Å². The molecule has 62 valence electrons. The molecule has 0 aliphatic rings. The van der Waals surface area contributed by atoms with Crippen LogP contribution in [0.2, 0.25) is 6.04 Å². The second-order valence-electron chi connectivity index (χ2n) is 3.01. The van der Waals surface area contributed by atoms with Crippen molar-refractivity contribution in [2.45, 2.75) is 32.9 Å². The van der Waals surface area contributed by atoms with Crippen LogP contribution in [-0.4, -0.2) is 34.0 Å². The van der Waals surface area contributed by atoms with Gasteiger partial charge in [0.05, 0.1) is 0 Å². The van der Waals surface area contributed by atoms with E-state index in [0.29, 0.717) is 6.10 Å². The van der Waals surface area contributed by atoms with Crippen molar-refractivity contribution in [1.29, 1.82) is 0 Å². The van der Waals surface area contributed by atoms with Crippen molar-refractivity contribution in [3.63, 3.8) is 0 Å². The third kappa shape index (κ3) is 4.03. The molecule has 2 nitrogen and oxygen atoms in total. The molecular formula is C7H19NOSi. The minimum atomic E-state index is -1.01. The third-order valence-corrected chi connectivity index (χ3v) is 4.06. The predicted molar refractivity (Wildman–Crippen MR) is 47.5 cm³/mol. The minimum absolute atomic E-state index is 0.388. The summed E-state index contributed by atoms with van der Waals surface area (Å²) in [5.41, 5.74) is 0. The van der Waals surface area contributed by atoms with Gasteiger partial charge < -0.3 is 8.99 Å². The van der Waals surface area contributed by atoms with Crippen molar-refractivity contribution in [3.8, 4) is 0 Å². The van der Waals surface area contributed by atoms with Crippen molar-refractivity contribution in [2.75, 3.05) is 14.1 Å². The Labute approximate surface area is 66.0 Å². The fourth-order valence-electron chi connectivity index (χ4n) is 0.897. The summed E-state index contributed by atoms with van der Waals surface area (Å²) in [5, 5.41) is 0. The van der Waals surface area contributed by atoms with Gasteiger partial charge in [0.1, 0.15) is 0 Å². The highest BCUT2D eigenvalue weighted by Crippen LogP contribution is 2.00. The molecule has 0 rings (SSSR count). The van der Waals surface area contributed by atoms with Gasteiger partial charge in [-0.3, -0.25) is 0 Å². The van der Waals surface area contributed by atoms with Gasteiger partial charge in [-0.15, -0.1) is 0 Å². The summed E-state index contributed by atoms with van der Waals surface area (Å²) in [4.78, 5) is 0. The Balaban J connectivity index is 3.60. The van der Waals surface area contributed by atoms with Gasteiger partial charge >= 0.3 is 0 Å². The number of hydrogen-bond donors (Lipinski definition) is 0. The lowest BCUT2D eigenvalue weighted by Crippen LogP contribution is -2.37. The lowest BCUT2D eigenvalue weighted by molar-refractivity contribution is 0.217. The lowest BCUT2D eigenvalue weighted by Gasteiger charge is -2.23. The molecule has 0 N–H and O–H groups in total. The summed E-state index contributed by atoms with van der Waals surface area (Å²) in [6.07, 6.45) is 0.388. The fourth-order valence-corrected chi connectivity index (χ4v) is 2.69. The molecule has 3 heteroatoms. The highest BCUT2D eigenvalue weighted by Gasteiger charge is 2.12. The van der Waals surface area contributed by atoms with E-state index in [1.807, 2.05) is 0 Å². The smallest absolute Gasteiger partial charge is 0.254 e. The Hall–Kier alpha value is 0.137. The molecule has 0 aliphatic heterocycles. The summed E-state index contributed by atoms with van der Waals surface area (Å²) >= 11 is 0. The molecule has 1 atom stereocenters. The lowest BCUT2D eigenvalue weighted by atomic mass is 10.5. The Morgan fingerprint density at radius 2 is 1.90 bits per heavy atom. The van der Waals surface area contributed by atoms with E-state index in [1.165, 1.54) is 6.04 Å². The molecule has 0 fully saturated rings. The van der Waals surface area contributed by atoms with E-state index in [-0.39, 0.29) is 0 Å². The standard InChI is InChI=1S/C7H19NOSi/c1-6-10(8(4)5)9-7(2)3/h7,10H,6H2,1-5H3. The van der Waals surface area contributed by atoms with Crippen LogP contribution in [0.1, 0.15) is 20.8 Å². The summed E-state index contributed by atoms with van der Waals surface area (Å²) in [7, 11) is 3.19. The van der Waals surface area contributed by atoms with Gasteiger partial charge in [-0.2, -0.15) is 0 Å². The molecule has 0 aromatic rings. The fraction of sp³-hybridized carbons (Fsp3) is 1.00. The second kappa shape index (κ2) is 4.88. The van der Waals surface area contributed by atoms with Crippen LogP contribution in [0.25, 0.3) is 0 Å². The molecule has 0 spiro atoms. The van der Waals surface area contributed by atoms with Crippen LogP contribution in [0.4, 0.5) is 0 Å². The van der Waals surface area contributed by atoms with Gasteiger partial charge in [0.25, 0.3) is 9.20 Å². The van der Waals surface area contributed by atoms with Gasteiger partial charge in [-0.1, -0.05) is 6.92 Å². The van der Waals surface area contributed by atoms with E-state index >= 15 is 0 Å². The topological polar surface area (TPSA) is 12.5 Å². The maximum Gasteiger partial charge on any atom is 0.254 e. The molecule has 0 bridgehead atoms. The number of rotatable bonds is 4. The summed E-state index contributed by atoms with van der Waals surface area (Å²) in [5.74, 6) is 0. The van der Waals surface area contributed by atoms with E-state index in [9.17, 15) is 0 Å². The first-order valence-electron chi connectivity index (χ1n) is 3.89. The molecule has 1 unspecified atom stereocenters. The van der Waals surface area contributed by atoms with Crippen molar-refractivity contribution >= 4 is 9.20 Å². The predicted octanol–water partition coefficient (Wildman–Crippen LogP) is 1.21. The first-order chi connectivity index (χ1) is 4.57. The van der Waals surface area contributed by atoms with Crippen molar-refractivity contribution in [2.24, 2.45) is 0 Å². The summed E-state index contributed by atoms with van der Waals surface area (Å²) in [6, 6.07) is 1.19. The molecule has 0 radical (unpaired) electrons. The van der Waals surface area contributed by atoms with Crippen molar-refractivity contribution in [1.82, 2.24) is 4.57 Å². The SMILES string of the molecule is CC[SiH](OC(C)C)N(C)C. The molecule has 0 saturated heterocycles. The van der Waals surface area contributed by atoms with Crippen LogP contribution in [0.3, 0.4) is 0 Å². The zero-order valence-electron chi connectivity index (χ0n) is 7.72. The Morgan fingerprint density at radius 3 is 2.00 bits per heavy atom. The van der Waals surface area contributed by atoms with Crippen LogP contribution in [0, 0.1) is 0 Å². The molecule has 0 aromatic heterocycles. The highest BCUT2D eigenvalue weighted by molar-refractivity contribution is 6.48. The summed E-state index contributed by atoms with van der Waals surface area (Å²) < 4.78 is 7.96. The molecule has 0 heterocycles. The minimum Gasteiger partial charge on any atom is -0.403 e. The zero-order valence-corrected chi connectivity index (χ0v) is 8.87. The van der Waals surface area contributed by atoms with Crippen LogP contribution in [0.15, 0.2) is 0 Å². The molecule has 0 aliphatic carbocycles. The molecule has 0 aromatic carbocycles. The van der Waals surface area contributed by atoms with Crippen LogP contribution < -0.4 is 0 Å². The second-order valence-corrected chi connectivity index (χ2v) is 6.04. The van der Waals surface area contributed by atoms with Gasteiger partial charge in [0.15, 0.2) is 0 Å². The maximum absolute atomic E-state index is 5.73. The van der Waals surface area contributed by atoms with Gasteiger partial charge in [-0.25, -0.2) is 0 Å². The highest BCUT2D eigenvalue weighted by atomic mass is 28.3. The first kappa shape index (κ1) is 10.1. The van der Waals surface area contributed by atoms with Gasteiger partial charge in [0, 0.05) is 6.10 Å². The summed E-state index contributed by atoms with van der Waals surface area (Å²) in [6.45, 7) is 6.39. The van der Waals surface area contributed by atoms with E-state index < -0.39 is 9.20 Å². The van der Waals surface area contributed by atoms with Crippen LogP contribution >= 0.6 is 0 Å². The Kier molecular flexibility index (Phi) is 4.94. The zero-order chi connectivity index (χ0) is 8.15. The van der Waals surface area contributed by atoms with Crippen LogP contribution in [0.5, 0.6) is 0 Å². The Morgan fingerprint density at radius 1 is 1.40 bits per heavy atom. The van der Waals surface area contributed by atoms with Gasteiger partial charge in [0.2, 0.25) is 0 Å². The molecular weight excluding hydrogens is 142 g/mol. The van der Waals surface area contributed by atoms with Crippen LogP contribution in [-0.2, 0) is 4.43 Å². The molecule has 10 heavy (non-hydrogen) atoms. The first-order valence-corrected chi connectivity index (χ1v) is 5.70. The van der Waals surface area contributed by atoms with Gasteiger partial charge in [-0.05, 0) is 34.0 Å². The molecule has 0 amide bonds. The molecule has 0 saturated carbocycles. The van der Waals surface area contributed by atoms with Crippen molar-refractivity contribution < 1.29 is 4.43 Å². The van der Waals surface area contributed by atoms with E-state index in [4.69, 9.17) is 4.43 Å². The Bertz CT molecular complexity index is 85.7. The third-order valence-electron chi connectivity index (χ3n) is 1.35. The number of hydrogen-bond acceptors (Lipinski definition) is 2. The van der Waals surface area contributed by atoms with Crippen molar-refractivity contribution in [3.05, 3.63) is 0 Å². The largest absolute Gasteiger partial charge is 0.403 e.